The van der Waals surface area contributed by atoms with Crippen LogP contribution in [-0.4, -0.2) is 11.7 Å². The van der Waals surface area contributed by atoms with Crippen molar-refractivity contribution in [2.24, 2.45) is 5.16 Å². The largest absolute Gasteiger partial charge is 0.368 e. The summed E-state index contributed by atoms with van der Waals surface area (Å²) in [5.74, 6) is -2.74. The molecule has 0 amide bonds. The molecular formula is C15H10BrF2NO2. The predicted octanol–water partition coefficient (Wildman–Crippen LogP) is 4.31. The average molecular weight is 354 g/mol. The zero-order valence-corrected chi connectivity index (χ0v) is 12.5. The van der Waals surface area contributed by atoms with Gasteiger partial charge in [-0.25, -0.2) is 13.6 Å². The lowest BCUT2D eigenvalue weighted by molar-refractivity contribution is 0.0511. The molecule has 108 valence electrons. The summed E-state index contributed by atoms with van der Waals surface area (Å²) in [5.41, 5.74) is 0.840. The topological polar surface area (TPSA) is 38.7 Å². The van der Waals surface area contributed by atoms with Crippen molar-refractivity contribution in [3.63, 3.8) is 0 Å². The minimum Gasteiger partial charge on any atom is -0.312 e. The van der Waals surface area contributed by atoms with E-state index in [0.717, 1.165) is 22.2 Å². The summed E-state index contributed by atoms with van der Waals surface area (Å²) < 4.78 is 27.1. The third-order valence-corrected chi connectivity index (χ3v) is 3.21. The Balaban J connectivity index is 2.12. The van der Waals surface area contributed by atoms with Crippen LogP contribution in [0.1, 0.15) is 22.8 Å². The monoisotopic (exact) mass is 353 g/mol. The fraction of sp³-hybridized carbons (Fsp3) is 0.0667. The van der Waals surface area contributed by atoms with Gasteiger partial charge in [-0.05, 0) is 36.8 Å². The van der Waals surface area contributed by atoms with Crippen molar-refractivity contribution >= 4 is 27.6 Å². The van der Waals surface area contributed by atoms with Crippen LogP contribution in [0.2, 0.25) is 0 Å². The first-order chi connectivity index (χ1) is 9.97. The molecule has 0 saturated heterocycles. The second-order valence-corrected chi connectivity index (χ2v) is 5.10. The van der Waals surface area contributed by atoms with Gasteiger partial charge >= 0.3 is 5.97 Å². The van der Waals surface area contributed by atoms with Gasteiger partial charge < -0.3 is 4.84 Å². The Morgan fingerprint density at radius 2 is 1.81 bits per heavy atom. The van der Waals surface area contributed by atoms with E-state index in [2.05, 4.69) is 25.9 Å². The summed E-state index contributed by atoms with van der Waals surface area (Å²) >= 11 is 3.30. The van der Waals surface area contributed by atoms with Crippen LogP contribution in [0.3, 0.4) is 0 Å². The average Bonchev–Trinajstić information content (AvgIpc) is 2.45. The molecule has 0 N–H and O–H groups in total. The number of halogens is 3. The highest BCUT2D eigenvalue weighted by Gasteiger charge is 2.14. The Labute approximate surface area is 128 Å². The molecule has 0 bridgehead atoms. The zero-order chi connectivity index (χ0) is 15.4. The Hall–Kier alpha value is -2.08. The third kappa shape index (κ3) is 3.95. The van der Waals surface area contributed by atoms with Crippen LogP contribution in [0.4, 0.5) is 8.78 Å². The summed E-state index contributed by atoms with van der Waals surface area (Å²) in [6, 6.07) is 9.81. The molecule has 2 aromatic carbocycles. The van der Waals surface area contributed by atoms with E-state index in [9.17, 15) is 13.6 Å². The molecule has 0 aliphatic heterocycles. The number of carbonyl (C=O) groups excluding carboxylic acids is 1. The van der Waals surface area contributed by atoms with Gasteiger partial charge in [0.2, 0.25) is 0 Å². The van der Waals surface area contributed by atoms with Crippen LogP contribution in [0.5, 0.6) is 0 Å². The maximum absolute atomic E-state index is 13.4. The van der Waals surface area contributed by atoms with Crippen molar-refractivity contribution in [2.75, 3.05) is 0 Å². The number of benzene rings is 2. The van der Waals surface area contributed by atoms with Gasteiger partial charge in [-0.2, -0.15) is 0 Å². The Morgan fingerprint density at radius 1 is 1.14 bits per heavy atom. The second-order valence-electron chi connectivity index (χ2n) is 4.19. The van der Waals surface area contributed by atoms with Gasteiger partial charge in [-0.15, -0.1) is 0 Å². The van der Waals surface area contributed by atoms with Crippen LogP contribution >= 0.6 is 15.9 Å². The van der Waals surface area contributed by atoms with Crippen molar-refractivity contribution in [1.29, 1.82) is 0 Å². The highest BCUT2D eigenvalue weighted by molar-refractivity contribution is 9.10. The highest BCUT2D eigenvalue weighted by Crippen LogP contribution is 2.13. The van der Waals surface area contributed by atoms with Crippen molar-refractivity contribution in [2.45, 2.75) is 6.92 Å². The van der Waals surface area contributed by atoms with Crippen LogP contribution in [0, 0.1) is 11.6 Å². The van der Waals surface area contributed by atoms with Crippen LogP contribution in [0.25, 0.3) is 0 Å². The molecule has 0 aliphatic rings. The molecule has 0 fully saturated rings. The van der Waals surface area contributed by atoms with E-state index in [1.54, 1.807) is 19.1 Å². The molecule has 0 aromatic heterocycles. The van der Waals surface area contributed by atoms with E-state index in [-0.39, 0.29) is 5.56 Å². The van der Waals surface area contributed by atoms with E-state index < -0.39 is 17.6 Å². The molecule has 21 heavy (non-hydrogen) atoms. The van der Waals surface area contributed by atoms with E-state index in [1.807, 2.05) is 12.1 Å². The fourth-order valence-corrected chi connectivity index (χ4v) is 1.82. The first-order valence-corrected chi connectivity index (χ1v) is 6.73. The van der Waals surface area contributed by atoms with Crippen LogP contribution in [-0.2, 0) is 4.84 Å². The molecule has 6 heteroatoms. The summed E-state index contributed by atoms with van der Waals surface area (Å²) in [6.45, 7) is 1.65. The summed E-state index contributed by atoms with van der Waals surface area (Å²) in [7, 11) is 0. The lowest BCUT2D eigenvalue weighted by atomic mass is 10.1. The van der Waals surface area contributed by atoms with E-state index in [4.69, 9.17) is 0 Å². The Kier molecular flexibility index (Phi) is 4.80. The minimum absolute atomic E-state index is 0.372. The first-order valence-electron chi connectivity index (χ1n) is 5.94. The van der Waals surface area contributed by atoms with E-state index >= 15 is 0 Å². The van der Waals surface area contributed by atoms with Crippen molar-refractivity contribution < 1.29 is 18.4 Å². The summed E-state index contributed by atoms with van der Waals surface area (Å²) in [6.07, 6.45) is 0. The van der Waals surface area contributed by atoms with E-state index in [0.29, 0.717) is 11.8 Å². The zero-order valence-electron chi connectivity index (χ0n) is 10.9. The number of nitrogens with zero attached hydrogens (tertiary/aromatic N) is 1. The Bertz CT molecular complexity index is 699. The van der Waals surface area contributed by atoms with Gasteiger partial charge in [-0.1, -0.05) is 33.2 Å². The molecule has 0 aliphatic carbocycles. The SMILES string of the molecule is C/C(=N/OC(=O)c1ccc(F)cc1F)c1ccc(Br)cc1. The number of hydrogen-bond donors (Lipinski definition) is 0. The molecule has 0 heterocycles. The molecule has 0 atom stereocenters. The lowest BCUT2D eigenvalue weighted by Gasteiger charge is -2.02. The number of carbonyl (C=O) groups is 1. The van der Waals surface area contributed by atoms with Crippen molar-refractivity contribution in [3.8, 4) is 0 Å². The second kappa shape index (κ2) is 6.58. The number of hydrogen-bond acceptors (Lipinski definition) is 3. The standard InChI is InChI=1S/C15H10BrF2NO2/c1-9(10-2-4-11(16)5-3-10)19-21-15(20)13-7-6-12(17)8-14(13)18/h2-8H,1H3/b19-9-. The highest BCUT2D eigenvalue weighted by atomic mass is 79.9. The molecular weight excluding hydrogens is 344 g/mol. The molecule has 0 saturated carbocycles. The molecule has 0 radical (unpaired) electrons. The first kappa shape index (κ1) is 15.3. The minimum atomic E-state index is -0.989. The van der Waals surface area contributed by atoms with E-state index in [1.165, 1.54) is 0 Å². The predicted molar refractivity (Wildman–Crippen MR) is 78.1 cm³/mol. The van der Waals surface area contributed by atoms with Gasteiger partial charge in [0.05, 0.1) is 11.3 Å². The number of oxime groups is 1. The van der Waals surface area contributed by atoms with Gasteiger partial charge in [0.25, 0.3) is 0 Å². The molecule has 2 aromatic rings. The molecule has 0 spiro atoms. The maximum Gasteiger partial charge on any atom is 0.368 e. The number of rotatable bonds is 3. The molecule has 0 unspecified atom stereocenters. The summed E-state index contributed by atoms with van der Waals surface area (Å²) in [4.78, 5) is 16.3. The Morgan fingerprint density at radius 3 is 2.43 bits per heavy atom. The maximum atomic E-state index is 13.4. The van der Waals surface area contributed by atoms with Crippen LogP contribution < -0.4 is 0 Å². The van der Waals surface area contributed by atoms with Gasteiger partial charge in [0.1, 0.15) is 11.6 Å². The van der Waals surface area contributed by atoms with Gasteiger partial charge in [0, 0.05) is 10.5 Å². The molecule has 2 rings (SSSR count). The summed E-state index contributed by atoms with van der Waals surface area (Å²) in [5, 5.41) is 3.66. The van der Waals surface area contributed by atoms with Crippen molar-refractivity contribution in [3.05, 3.63) is 69.7 Å². The normalized spacial score (nSPS) is 11.3. The molecule has 3 nitrogen and oxygen atoms in total. The smallest absolute Gasteiger partial charge is 0.312 e. The lowest BCUT2D eigenvalue weighted by Crippen LogP contribution is -2.06. The fourth-order valence-electron chi connectivity index (χ4n) is 1.56. The van der Waals surface area contributed by atoms with Crippen molar-refractivity contribution in [1.82, 2.24) is 0 Å². The quantitative estimate of drug-likeness (QED) is 0.468. The van der Waals surface area contributed by atoms with Gasteiger partial charge in [-0.3, -0.25) is 0 Å². The third-order valence-electron chi connectivity index (χ3n) is 2.68. The van der Waals surface area contributed by atoms with Crippen LogP contribution in [0.15, 0.2) is 52.1 Å². The van der Waals surface area contributed by atoms with Gasteiger partial charge in [0.15, 0.2) is 0 Å².